The molecule has 0 aliphatic rings. The molecule has 0 saturated heterocycles. The van der Waals surface area contributed by atoms with Crippen molar-refractivity contribution in [1.29, 1.82) is 0 Å². The monoisotopic (exact) mass is 376 g/mol. The van der Waals surface area contributed by atoms with E-state index in [2.05, 4.69) is 15.3 Å². The molecule has 8 nitrogen and oxygen atoms in total. The SMILES string of the molecule is CCCCCCCCC(OS(=O)(=O)O)C(CCC)OS(=O)(=O)O. The van der Waals surface area contributed by atoms with E-state index in [-0.39, 0.29) is 12.8 Å². The Hall–Kier alpha value is -0.260. The van der Waals surface area contributed by atoms with Crippen LogP contribution in [0.4, 0.5) is 0 Å². The molecule has 0 bridgehead atoms. The van der Waals surface area contributed by atoms with Gasteiger partial charge in [0.15, 0.2) is 0 Å². The second kappa shape index (κ2) is 11.3. The Labute approximate surface area is 139 Å². The van der Waals surface area contributed by atoms with Crippen molar-refractivity contribution in [2.45, 2.75) is 83.8 Å². The summed E-state index contributed by atoms with van der Waals surface area (Å²) in [5.74, 6) is 0. The van der Waals surface area contributed by atoms with Crippen molar-refractivity contribution >= 4 is 20.8 Å². The summed E-state index contributed by atoms with van der Waals surface area (Å²) >= 11 is 0. The molecule has 0 aliphatic carbocycles. The van der Waals surface area contributed by atoms with Crippen molar-refractivity contribution in [2.24, 2.45) is 0 Å². The smallest absolute Gasteiger partial charge is 0.264 e. The van der Waals surface area contributed by atoms with Crippen molar-refractivity contribution in [2.75, 3.05) is 0 Å². The highest BCUT2D eigenvalue weighted by atomic mass is 32.3. The van der Waals surface area contributed by atoms with Gasteiger partial charge in [0, 0.05) is 0 Å². The first-order valence-corrected chi connectivity index (χ1v) is 10.6. The molecule has 0 aromatic heterocycles. The first-order valence-electron chi connectivity index (χ1n) is 7.90. The standard InChI is InChI=1S/C13H28O8S2/c1-3-5-6-7-8-9-11-13(21-23(17,18)19)12(10-4-2)20-22(14,15)16/h12-13H,3-11H2,1-2H3,(H,14,15,16)(H,17,18,19). The predicted octanol–water partition coefficient (Wildman–Crippen LogP) is 2.91. The summed E-state index contributed by atoms with van der Waals surface area (Å²) in [6.07, 6.45) is 4.21. The summed E-state index contributed by atoms with van der Waals surface area (Å²) in [5.41, 5.74) is 0. The summed E-state index contributed by atoms with van der Waals surface area (Å²) in [7, 11) is -9.50. The zero-order valence-electron chi connectivity index (χ0n) is 13.7. The van der Waals surface area contributed by atoms with Crippen LogP contribution in [-0.4, -0.2) is 38.1 Å². The van der Waals surface area contributed by atoms with E-state index in [0.717, 1.165) is 32.1 Å². The summed E-state index contributed by atoms with van der Waals surface area (Å²) in [4.78, 5) is 0. The number of unbranched alkanes of at least 4 members (excludes halogenated alkanes) is 5. The van der Waals surface area contributed by atoms with E-state index >= 15 is 0 Å². The first kappa shape index (κ1) is 22.7. The molecule has 0 spiro atoms. The Morgan fingerprint density at radius 3 is 1.57 bits per heavy atom. The average molecular weight is 376 g/mol. The Bertz CT molecular complexity index is 500. The minimum atomic E-state index is -4.75. The van der Waals surface area contributed by atoms with Gasteiger partial charge >= 0.3 is 20.8 Å². The van der Waals surface area contributed by atoms with Gasteiger partial charge in [0.25, 0.3) is 0 Å². The molecule has 2 unspecified atom stereocenters. The van der Waals surface area contributed by atoms with E-state index in [1.807, 2.05) is 0 Å². The van der Waals surface area contributed by atoms with Crippen LogP contribution in [0.25, 0.3) is 0 Å². The van der Waals surface area contributed by atoms with Gasteiger partial charge in [0.1, 0.15) is 12.2 Å². The molecule has 0 radical (unpaired) electrons. The predicted molar refractivity (Wildman–Crippen MR) is 85.7 cm³/mol. The maximum absolute atomic E-state index is 11.0. The van der Waals surface area contributed by atoms with E-state index in [1.54, 1.807) is 6.92 Å². The zero-order chi connectivity index (χ0) is 17.9. The van der Waals surface area contributed by atoms with Crippen LogP contribution in [0, 0.1) is 0 Å². The van der Waals surface area contributed by atoms with Crippen LogP contribution in [0.3, 0.4) is 0 Å². The van der Waals surface area contributed by atoms with Gasteiger partial charge < -0.3 is 0 Å². The highest BCUT2D eigenvalue weighted by Crippen LogP contribution is 2.21. The van der Waals surface area contributed by atoms with Crippen molar-refractivity contribution in [1.82, 2.24) is 0 Å². The normalized spacial score (nSPS) is 15.5. The van der Waals surface area contributed by atoms with Crippen molar-refractivity contribution < 1.29 is 34.3 Å². The molecular formula is C13H28O8S2. The van der Waals surface area contributed by atoms with Gasteiger partial charge in [-0.2, -0.15) is 16.8 Å². The van der Waals surface area contributed by atoms with Crippen molar-refractivity contribution in [3.8, 4) is 0 Å². The molecular weight excluding hydrogens is 348 g/mol. The highest BCUT2D eigenvalue weighted by Gasteiger charge is 2.30. The van der Waals surface area contributed by atoms with Gasteiger partial charge in [0.2, 0.25) is 0 Å². The Morgan fingerprint density at radius 2 is 1.13 bits per heavy atom. The van der Waals surface area contributed by atoms with Crippen LogP contribution in [0.1, 0.15) is 71.6 Å². The molecule has 0 aromatic carbocycles. The molecule has 23 heavy (non-hydrogen) atoms. The van der Waals surface area contributed by atoms with E-state index in [9.17, 15) is 16.8 Å². The lowest BCUT2D eigenvalue weighted by molar-refractivity contribution is 0.0342. The Kier molecular flexibility index (Phi) is 11.2. The fourth-order valence-electron chi connectivity index (χ4n) is 2.31. The summed E-state index contributed by atoms with van der Waals surface area (Å²) in [6.45, 7) is 3.84. The van der Waals surface area contributed by atoms with Crippen LogP contribution < -0.4 is 0 Å². The number of hydrogen-bond donors (Lipinski definition) is 2. The van der Waals surface area contributed by atoms with Crippen LogP contribution in [0.2, 0.25) is 0 Å². The van der Waals surface area contributed by atoms with Gasteiger partial charge in [-0.1, -0.05) is 58.8 Å². The lowest BCUT2D eigenvalue weighted by Gasteiger charge is -2.24. The fraction of sp³-hybridized carbons (Fsp3) is 1.00. The van der Waals surface area contributed by atoms with Crippen molar-refractivity contribution in [3.05, 3.63) is 0 Å². The lowest BCUT2D eigenvalue weighted by Crippen LogP contribution is -2.35. The van der Waals surface area contributed by atoms with Gasteiger partial charge in [-0.05, 0) is 12.8 Å². The van der Waals surface area contributed by atoms with Crippen LogP contribution in [-0.2, 0) is 29.2 Å². The molecule has 0 heterocycles. The second-order valence-corrected chi connectivity index (χ2v) is 7.57. The van der Waals surface area contributed by atoms with Gasteiger partial charge in [0.05, 0.1) is 0 Å². The molecule has 140 valence electrons. The molecule has 2 atom stereocenters. The lowest BCUT2D eigenvalue weighted by atomic mass is 10.0. The summed E-state index contributed by atoms with van der Waals surface area (Å²) in [5, 5.41) is 0. The third-order valence-corrected chi connectivity index (χ3v) is 4.30. The first-order chi connectivity index (χ1) is 10.6. The summed E-state index contributed by atoms with van der Waals surface area (Å²) < 4.78 is 70.4. The quantitative estimate of drug-likeness (QED) is 0.350. The van der Waals surface area contributed by atoms with Crippen LogP contribution in [0.5, 0.6) is 0 Å². The second-order valence-electron chi connectivity index (χ2n) is 5.47. The zero-order valence-corrected chi connectivity index (χ0v) is 15.3. The molecule has 2 N–H and O–H groups in total. The maximum atomic E-state index is 11.0. The number of hydrogen-bond acceptors (Lipinski definition) is 6. The topological polar surface area (TPSA) is 127 Å². The average Bonchev–Trinajstić information content (AvgIpc) is 2.38. The third kappa shape index (κ3) is 13.8. The van der Waals surface area contributed by atoms with Crippen LogP contribution >= 0.6 is 0 Å². The van der Waals surface area contributed by atoms with E-state index in [0.29, 0.717) is 12.8 Å². The van der Waals surface area contributed by atoms with Gasteiger partial charge in [-0.25, -0.2) is 8.37 Å². The largest absolute Gasteiger partial charge is 0.397 e. The highest BCUT2D eigenvalue weighted by molar-refractivity contribution is 7.81. The fourth-order valence-corrected chi connectivity index (χ4v) is 3.38. The van der Waals surface area contributed by atoms with Crippen molar-refractivity contribution in [3.63, 3.8) is 0 Å². The Morgan fingerprint density at radius 1 is 0.696 bits per heavy atom. The van der Waals surface area contributed by atoms with Gasteiger partial charge in [-0.3, -0.25) is 9.11 Å². The molecule has 0 fully saturated rings. The van der Waals surface area contributed by atoms with E-state index in [4.69, 9.17) is 9.11 Å². The van der Waals surface area contributed by atoms with Crippen LogP contribution in [0.15, 0.2) is 0 Å². The molecule has 0 aromatic rings. The minimum absolute atomic E-state index is 0.163. The Balaban J connectivity index is 4.74. The molecule has 0 amide bonds. The summed E-state index contributed by atoms with van der Waals surface area (Å²) in [6, 6.07) is 0. The third-order valence-electron chi connectivity index (χ3n) is 3.32. The molecule has 0 rings (SSSR count). The molecule has 0 aliphatic heterocycles. The molecule has 10 heteroatoms. The minimum Gasteiger partial charge on any atom is -0.264 e. The van der Waals surface area contributed by atoms with Gasteiger partial charge in [-0.15, -0.1) is 0 Å². The van der Waals surface area contributed by atoms with E-state index in [1.165, 1.54) is 0 Å². The molecule has 0 saturated carbocycles. The van der Waals surface area contributed by atoms with E-state index < -0.39 is 33.0 Å². The maximum Gasteiger partial charge on any atom is 0.397 e. The number of rotatable bonds is 14.